The predicted molar refractivity (Wildman–Crippen MR) is 87.8 cm³/mol. The standard InChI is InChI=1S/C16H18ClN3O3/c1-9-6-5-7-10(2)14(9)18-12(21)8-23-16(22)13-11(3)19-20(4)15(13)17/h5-7H,8H2,1-4H3,(H,18,21). The van der Waals surface area contributed by atoms with Crippen molar-refractivity contribution >= 4 is 29.2 Å². The van der Waals surface area contributed by atoms with Gasteiger partial charge in [0.05, 0.1) is 5.69 Å². The molecule has 0 atom stereocenters. The van der Waals surface area contributed by atoms with Crippen molar-refractivity contribution in [2.45, 2.75) is 20.8 Å². The van der Waals surface area contributed by atoms with Crippen molar-refractivity contribution < 1.29 is 14.3 Å². The average Bonchev–Trinajstić information content (AvgIpc) is 2.74. The molecule has 1 aromatic carbocycles. The monoisotopic (exact) mass is 335 g/mol. The molecule has 2 rings (SSSR count). The molecular formula is C16H18ClN3O3. The molecule has 1 heterocycles. The van der Waals surface area contributed by atoms with Gasteiger partial charge in [0.25, 0.3) is 5.91 Å². The Bertz CT molecular complexity index is 748. The molecule has 0 aliphatic rings. The molecule has 0 aliphatic heterocycles. The summed E-state index contributed by atoms with van der Waals surface area (Å²) in [6.07, 6.45) is 0. The number of carbonyl (C=O) groups is 2. The molecule has 0 saturated heterocycles. The Hall–Kier alpha value is -2.34. The molecule has 0 bridgehead atoms. The summed E-state index contributed by atoms with van der Waals surface area (Å²) in [6.45, 7) is 5.05. The quantitative estimate of drug-likeness (QED) is 0.872. The second kappa shape index (κ2) is 6.83. The van der Waals surface area contributed by atoms with E-state index in [0.29, 0.717) is 5.69 Å². The third-order valence-corrected chi connectivity index (χ3v) is 3.87. The van der Waals surface area contributed by atoms with Gasteiger partial charge in [-0.15, -0.1) is 0 Å². The lowest BCUT2D eigenvalue weighted by molar-refractivity contribution is -0.119. The van der Waals surface area contributed by atoms with Crippen LogP contribution in [0.5, 0.6) is 0 Å². The van der Waals surface area contributed by atoms with Gasteiger partial charge >= 0.3 is 5.97 Å². The highest BCUT2D eigenvalue weighted by atomic mass is 35.5. The van der Waals surface area contributed by atoms with Crippen molar-refractivity contribution in [3.05, 3.63) is 45.7 Å². The molecule has 23 heavy (non-hydrogen) atoms. The first-order valence-corrected chi connectivity index (χ1v) is 7.41. The van der Waals surface area contributed by atoms with Gasteiger partial charge in [-0.1, -0.05) is 29.8 Å². The zero-order valence-electron chi connectivity index (χ0n) is 13.4. The van der Waals surface area contributed by atoms with Crippen LogP contribution in [0.3, 0.4) is 0 Å². The third kappa shape index (κ3) is 3.71. The fourth-order valence-electron chi connectivity index (χ4n) is 2.25. The minimum atomic E-state index is -0.669. The topological polar surface area (TPSA) is 73.2 Å². The van der Waals surface area contributed by atoms with E-state index in [2.05, 4.69) is 10.4 Å². The van der Waals surface area contributed by atoms with Gasteiger partial charge in [0.1, 0.15) is 10.7 Å². The van der Waals surface area contributed by atoms with E-state index in [0.717, 1.165) is 16.8 Å². The molecule has 0 spiro atoms. The maximum absolute atomic E-state index is 12.1. The van der Waals surface area contributed by atoms with Crippen molar-refractivity contribution in [3.63, 3.8) is 0 Å². The van der Waals surface area contributed by atoms with Crippen molar-refractivity contribution in [2.24, 2.45) is 7.05 Å². The van der Waals surface area contributed by atoms with Crippen LogP contribution < -0.4 is 5.32 Å². The molecule has 1 amide bonds. The molecule has 1 N–H and O–H groups in total. The summed E-state index contributed by atoms with van der Waals surface area (Å²) in [7, 11) is 1.62. The van der Waals surface area contributed by atoms with Gasteiger partial charge in [-0.2, -0.15) is 5.10 Å². The highest BCUT2D eigenvalue weighted by molar-refractivity contribution is 6.32. The highest BCUT2D eigenvalue weighted by Gasteiger charge is 2.21. The summed E-state index contributed by atoms with van der Waals surface area (Å²) in [5.41, 5.74) is 3.24. The number of amides is 1. The van der Waals surface area contributed by atoms with Crippen LogP contribution in [0.25, 0.3) is 0 Å². The maximum Gasteiger partial charge on any atom is 0.343 e. The number of benzene rings is 1. The van der Waals surface area contributed by atoms with Gasteiger partial charge in [0.15, 0.2) is 6.61 Å². The Kier molecular flexibility index (Phi) is 5.05. The predicted octanol–water partition coefficient (Wildman–Crippen LogP) is 2.79. The number of rotatable bonds is 4. The molecule has 6 nitrogen and oxygen atoms in total. The molecule has 7 heteroatoms. The summed E-state index contributed by atoms with van der Waals surface area (Å²) >= 11 is 5.99. The molecule has 1 aromatic heterocycles. The lowest BCUT2D eigenvalue weighted by Gasteiger charge is -2.11. The molecule has 122 valence electrons. The zero-order chi connectivity index (χ0) is 17.1. The Balaban J connectivity index is 2.01. The Morgan fingerprint density at radius 1 is 1.26 bits per heavy atom. The number of nitrogens with one attached hydrogen (secondary N) is 1. The molecule has 2 aromatic rings. The number of esters is 1. The normalized spacial score (nSPS) is 10.5. The number of halogens is 1. The number of aryl methyl sites for hydroxylation is 4. The fraction of sp³-hybridized carbons (Fsp3) is 0.312. The van der Waals surface area contributed by atoms with E-state index < -0.39 is 18.5 Å². The zero-order valence-corrected chi connectivity index (χ0v) is 14.2. The minimum absolute atomic E-state index is 0.175. The number of aromatic nitrogens is 2. The molecule has 0 fully saturated rings. The Morgan fingerprint density at radius 2 is 1.87 bits per heavy atom. The van der Waals surface area contributed by atoms with Crippen molar-refractivity contribution in [1.82, 2.24) is 9.78 Å². The van der Waals surface area contributed by atoms with Crippen LogP contribution in [0.2, 0.25) is 5.15 Å². The van der Waals surface area contributed by atoms with Gasteiger partial charge in [-0.3, -0.25) is 9.48 Å². The van der Waals surface area contributed by atoms with E-state index in [1.807, 2.05) is 32.0 Å². The van der Waals surface area contributed by atoms with Crippen LogP contribution in [0.1, 0.15) is 27.2 Å². The lowest BCUT2D eigenvalue weighted by Crippen LogP contribution is -2.22. The maximum atomic E-state index is 12.1. The van der Waals surface area contributed by atoms with E-state index in [9.17, 15) is 9.59 Å². The smallest absolute Gasteiger partial charge is 0.343 e. The summed E-state index contributed by atoms with van der Waals surface area (Å²) < 4.78 is 6.41. The van der Waals surface area contributed by atoms with Crippen LogP contribution in [0, 0.1) is 20.8 Å². The number of nitrogens with zero attached hydrogens (tertiary/aromatic N) is 2. The number of hydrogen-bond acceptors (Lipinski definition) is 4. The largest absolute Gasteiger partial charge is 0.452 e. The molecule has 0 radical (unpaired) electrons. The first kappa shape index (κ1) is 17.0. The van der Waals surface area contributed by atoms with Crippen LogP contribution in [0.4, 0.5) is 5.69 Å². The summed E-state index contributed by atoms with van der Waals surface area (Å²) in [5, 5.41) is 6.97. The van der Waals surface area contributed by atoms with E-state index >= 15 is 0 Å². The molecular weight excluding hydrogens is 318 g/mol. The highest BCUT2D eigenvalue weighted by Crippen LogP contribution is 2.20. The van der Waals surface area contributed by atoms with Gasteiger partial charge in [0.2, 0.25) is 0 Å². The number of carbonyl (C=O) groups excluding carboxylic acids is 2. The number of ether oxygens (including phenoxy) is 1. The minimum Gasteiger partial charge on any atom is -0.452 e. The second-order valence-electron chi connectivity index (χ2n) is 5.27. The van der Waals surface area contributed by atoms with Crippen LogP contribution in [0.15, 0.2) is 18.2 Å². The van der Waals surface area contributed by atoms with Crippen LogP contribution >= 0.6 is 11.6 Å². The van der Waals surface area contributed by atoms with Crippen molar-refractivity contribution in [1.29, 1.82) is 0 Å². The van der Waals surface area contributed by atoms with Gasteiger partial charge in [0, 0.05) is 12.7 Å². The van der Waals surface area contributed by atoms with Gasteiger partial charge in [-0.05, 0) is 31.9 Å². The van der Waals surface area contributed by atoms with E-state index in [1.165, 1.54) is 4.68 Å². The number of hydrogen-bond donors (Lipinski definition) is 1. The summed E-state index contributed by atoms with van der Waals surface area (Å²) in [5.74, 6) is -1.08. The molecule has 0 unspecified atom stereocenters. The first-order valence-electron chi connectivity index (χ1n) is 7.03. The summed E-state index contributed by atoms with van der Waals surface area (Å²) in [6, 6.07) is 5.70. The van der Waals surface area contributed by atoms with Crippen LogP contribution in [-0.4, -0.2) is 28.3 Å². The van der Waals surface area contributed by atoms with E-state index in [1.54, 1.807) is 14.0 Å². The number of para-hydroxylation sites is 1. The Morgan fingerprint density at radius 3 is 2.39 bits per heavy atom. The SMILES string of the molecule is Cc1cccc(C)c1NC(=O)COC(=O)c1c(C)nn(C)c1Cl. The number of anilines is 1. The first-order chi connectivity index (χ1) is 10.8. The molecule has 0 aliphatic carbocycles. The Labute approximate surface area is 139 Å². The third-order valence-electron chi connectivity index (χ3n) is 3.44. The van der Waals surface area contributed by atoms with Crippen molar-refractivity contribution in [3.8, 4) is 0 Å². The van der Waals surface area contributed by atoms with E-state index in [4.69, 9.17) is 16.3 Å². The fourth-order valence-corrected chi connectivity index (χ4v) is 2.50. The average molecular weight is 336 g/mol. The lowest BCUT2D eigenvalue weighted by atomic mass is 10.1. The van der Waals surface area contributed by atoms with Crippen molar-refractivity contribution in [2.75, 3.05) is 11.9 Å². The van der Waals surface area contributed by atoms with Crippen LogP contribution in [-0.2, 0) is 16.6 Å². The van der Waals surface area contributed by atoms with Gasteiger partial charge < -0.3 is 10.1 Å². The second-order valence-corrected chi connectivity index (χ2v) is 5.62. The molecule has 0 saturated carbocycles. The van der Waals surface area contributed by atoms with Gasteiger partial charge in [-0.25, -0.2) is 4.79 Å². The van der Waals surface area contributed by atoms with E-state index in [-0.39, 0.29) is 10.7 Å². The summed E-state index contributed by atoms with van der Waals surface area (Å²) in [4.78, 5) is 24.0.